The topological polar surface area (TPSA) is 42.0 Å². The molecule has 168 valence electrons. The molecule has 3 aromatic rings. The number of morpholine rings is 1. The van der Waals surface area contributed by atoms with Gasteiger partial charge in [-0.25, -0.2) is 0 Å². The van der Waals surface area contributed by atoms with Gasteiger partial charge < -0.3 is 14.4 Å². The Kier molecular flexibility index (Phi) is 6.77. The second-order valence-corrected chi connectivity index (χ2v) is 8.64. The van der Waals surface area contributed by atoms with E-state index in [0.29, 0.717) is 12.6 Å². The summed E-state index contributed by atoms with van der Waals surface area (Å²) in [6, 6.07) is 18.8. The number of nitrogens with zero attached hydrogens (tertiary/aromatic N) is 2. The molecule has 1 saturated heterocycles. The smallest absolute Gasteiger partial charge is 0.253 e. The van der Waals surface area contributed by atoms with Crippen LogP contribution in [0.1, 0.15) is 22.8 Å². The van der Waals surface area contributed by atoms with E-state index >= 15 is 0 Å². The highest BCUT2D eigenvalue weighted by Crippen LogP contribution is 2.30. The van der Waals surface area contributed by atoms with Crippen molar-refractivity contribution in [2.45, 2.75) is 19.9 Å². The largest absolute Gasteiger partial charge is 0.497 e. The van der Waals surface area contributed by atoms with Crippen LogP contribution in [0.2, 0.25) is 0 Å². The minimum Gasteiger partial charge on any atom is -0.497 e. The lowest BCUT2D eigenvalue weighted by Gasteiger charge is -2.34. The van der Waals surface area contributed by atoms with Crippen molar-refractivity contribution in [1.82, 2.24) is 9.80 Å². The summed E-state index contributed by atoms with van der Waals surface area (Å²) in [6.45, 7) is 8.36. The molecule has 5 heteroatoms. The van der Waals surface area contributed by atoms with E-state index in [-0.39, 0.29) is 5.91 Å². The van der Waals surface area contributed by atoms with Gasteiger partial charge in [0, 0.05) is 38.3 Å². The Morgan fingerprint density at radius 3 is 2.50 bits per heavy atom. The van der Waals surface area contributed by atoms with Gasteiger partial charge in [0.05, 0.1) is 20.3 Å². The molecule has 0 N–H and O–H groups in total. The fourth-order valence-electron chi connectivity index (χ4n) is 4.47. The molecule has 4 rings (SSSR count). The SMILES string of the molecule is COc1ccc(-c2ccc3cc(C(=O)N(C)CC(C)N4CCOCC4)ccc3c2)c(C)c1. The van der Waals surface area contributed by atoms with E-state index in [1.165, 1.54) is 11.1 Å². The van der Waals surface area contributed by atoms with Crippen molar-refractivity contribution in [1.29, 1.82) is 0 Å². The zero-order chi connectivity index (χ0) is 22.7. The minimum atomic E-state index is 0.0575. The van der Waals surface area contributed by atoms with Gasteiger partial charge in [-0.1, -0.05) is 24.3 Å². The average Bonchev–Trinajstić information content (AvgIpc) is 2.83. The Hall–Kier alpha value is -2.89. The van der Waals surface area contributed by atoms with E-state index in [1.54, 1.807) is 7.11 Å². The maximum Gasteiger partial charge on any atom is 0.253 e. The van der Waals surface area contributed by atoms with Gasteiger partial charge in [0.1, 0.15) is 5.75 Å². The molecular weight excluding hydrogens is 400 g/mol. The van der Waals surface area contributed by atoms with Crippen LogP contribution in [0.25, 0.3) is 21.9 Å². The number of carbonyl (C=O) groups is 1. The molecule has 1 unspecified atom stereocenters. The molecule has 0 bridgehead atoms. The van der Waals surface area contributed by atoms with Gasteiger partial charge >= 0.3 is 0 Å². The van der Waals surface area contributed by atoms with Crippen molar-refractivity contribution in [3.8, 4) is 16.9 Å². The molecule has 1 fully saturated rings. The number of amides is 1. The van der Waals surface area contributed by atoms with Crippen LogP contribution in [0.3, 0.4) is 0 Å². The highest BCUT2D eigenvalue weighted by Gasteiger charge is 2.21. The molecule has 5 nitrogen and oxygen atoms in total. The monoisotopic (exact) mass is 432 g/mol. The lowest BCUT2D eigenvalue weighted by molar-refractivity contribution is 0.0142. The van der Waals surface area contributed by atoms with Gasteiger partial charge in [0.15, 0.2) is 0 Å². The number of likely N-dealkylation sites (N-methyl/N-ethyl adjacent to an activating group) is 1. The van der Waals surface area contributed by atoms with Crippen LogP contribution < -0.4 is 4.74 Å². The molecule has 0 aromatic heterocycles. The Morgan fingerprint density at radius 1 is 1.06 bits per heavy atom. The maximum absolute atomic E-state index is 13.1. The van der Waals surface area contributed by atoms with Crippen molar-refractivity contribution >= 4 is 16.7 Å². The van der Waals surface area contributed by atoms with E-state index in [2.05, 4.69) is 49.1 Å². The van der Waals surface area contributed by atoms with Gasteiger partial charge in [-0.2, -0.15) is 0 Å². The van der Waals surface area contributed by atoms with Gasteiger partial charge in [0.25, 0.3) is 5.91 Å². The van der Waals surface area contributed by atoms with Crippen LogP contribution >= 0.6 is 0 Å². The van der Waals surface area contributed by atoms with Crippen LogP contribution in [0.4, 0.5) is 0 Å². The van der Waals surface area contributed by atoms with Crippen molar-refractivity contribution in [2.75, 3.05) is 47.0 Å². The Balaban J connectivity index is 1.50. The molecule has 1 heterocycles. The first-order chi connectivity index (χ1) is 15.5. The first kappa shape index (κ1) is 22.3. The summed E-state index contributed by atoms with van der Waals surface area (Å²) in [5.74, 6) is 0.921. The summed E-state index contributed by atoms with van der Waals surface area (Å²) in [7, 11) is 3.57. The molecular formula is C27H32N2O3. The summed E-state index contributed by atoms with van der Waals surface area (Å²) in [5, 5.41) is 2.19. The third kappa shape index (κ3) is 4.79. The average molecular weight is 433 g/mol. The zero-order valence-corrected chi connectivity index (χ0v) is 19.4. The number of hydrogen-bond donors (Lipinski definition) is 0. The summed E-state index contributed by atoms with van der Waals surface area (Å²) < 4.78 is 10.8. The summed E-state index contributed by atoms with van der Waals surface area (Å²) in [5.41, 5.74) is 4.24. The van der Waals surface area contributed by atoms with Crippen LogP contribution in [-0.4, -0.2) is 68.8 Å². The van der Waals surface area contributed by atoms with Gasteiger partial charge in [-0.15, -0.1) is 0 Å². The van der Waals surface area contributed by atoms with E-state index < -0.39 is 0 Å². The van der Waals surface area contributed by atoms with Crippen LogP contribution in [0.5, 0.6) is 5.75 Å². The molecule has 3 aromatic carbocycles. The quantitative estimate of drug-likeness (QED) is 0.570. The third-order valence-corrected chi connectivity index (χ3v) is 6.39. The predicted octanol–water partition coefficient (Wildman–Crippen LogP) is 4.62. The van der Waals surface area contributed by atoms with Crippen molar-refractivity contribution in [3.05, 3.63) is 65.7 Å². The molecule has 0 radical (unpaired) electrons. The van der Waals surface area contributed by atoms with Crippen LogP contribution in [0, 0.1) is 6.92 Å². The highest BCUT2D eigenvalue weighted by molar-refractivity contribution is 5.99. The van der Waals surface area contributed by atoms with Crippen LogP contribution in [-0.2, 0) is 4.74 Å². The Bertz CT molecular complexity index is 1110. The first-order valence-corrected chi connectivity index (χ1v) is 11.2. The molecule has 1 atom stereocenters. The van der Waals surface area contributed by atoms with Crippen molar-refractivity contribution in [3.63, 3.8) is 0 Å². The lowest BCUT2D eigenvalue weighted by atomic mass is 9.97. The van der Waals surface area contributed by atoms with Gasteiger partial charge in [-0.05, 0) is 71.6 Å². The van der Waals surface area contributed by atoms with Crippen LogP contribution in [0.15, 0.2) is 54.6 Å². The summed E-state index contributed by atoms with van der Waals surface area (Å²) in [4.78, 5) is 17.3. The molecule has 0 aliphatic carbocycles. The number of benzene rings is 3. The van der Waals surface area contributed by atoms with E-state index in [4.69, 9.17) is 9.47 Å². The van der Waals surface area contributed by atoms with Crippen molar-refractivity contribution < 1.29 is 14.3 Å². The summed E-state index contributed by atoms with van der Waals surface area (Å²) >= 11 is 0. The fourth-order valence-corrected chi connectivity index (χ4v) is 4.47. The standard InChI is InChI=1S/C27H32N2O3/c1-19-15-25(31-4)9-10-26(19)23-7-5-22-17-24(8-6-21(22)16-23)27(30)28(3)18-20(2)29-11-13-32-14-12-29/h5-10,15-17,20H,11-14,18H2,1-4H3. The second-order valence-electron chi connectivity index (χ2n) is 8.64. The van der Waals surface area contributed by atoms with Gasteiger partial charge in [0.2, 0.25) is 0 Å². The summed E-state index contributed by atoms with van der Waals surface area (Å²) in [6.07, 6.45) is 0. The zero-order valence-electron chi connectivity index (χ0n) is 19.4. The number of rotatable bonds is 6. The normalized spacial score (nSPS) is 15.5. The second kappa shape index (κ2) is 9.72. The molecule has 0 spiro atoms. The first-order valence-electron chi connectivity index (χ1n) is 11.2. The van der Waals surface area contributed by atoms with Gasteiger partial charge in [-0.3, -0.25) is 9.69 Å². The number of ether oxygens (including phenoxy) is 2. The molecule has 32 heavy (non-hydrogen) atoms. The minimum absolute atomic E-state index is 0.0575. The molecule has 1 aliphatic heterocycles. The molecule has 0 saturated carbocycles. The number of methoxy groups -OCH3 is 1. The van der Waals surface area contributed by atoms with E-state index in [0.717, 1.165) is 54.0 Å². The fraction of sp³-hybridized carbons (Fsp3) is 0.370. The van der Waals surface area contributed by atoms with E-state index in [9.17, 15) is 4.79 Å². The predicted molar refractivity (Wildman–Crippen MR) is 129 cm³/mol. The molecule has 1 aliphatic rings. The number of carbonyl (C=O) groups excluding carboxylic acids is 1. The highest BCUT2D eigenvalue weighted by atomic mass is 16.5. The Labute approximate surface area is 190 Å². The Morgan fingerprint density at radius 2 is 1.78 bits per heavy atom. The van der Waals surface area contributed by atoms with E-state index in [1.807, 2.05) is 36.2 Å². The molecule has 1 amide bonds. The third-order valence-electron chi connectivity index (χ3n) is 6.39. The maximum atomic E-state index is 13.1. The number of hydrogen-bond acceptors (Lipinski definition) is 4. The number of aryl methyl sites for hydroxylation is 1. The number of fused-ring (bicyclic) bond motifs is 1. The van der Waals surface area contributed by atoms with Crippen molar-refractivity contribution in [2.24, 2.45) is 0 Å². The lowest BCUT2D eigenvalue weighted by Crippen LogP contribution is -2.47.